The van der Waals surface area contributed by atoms with Gasteiger partial charge in [0.2, 0.25) is 4.80 Å². The molecule has 1 saturated heterocycles. The maximum absolute atomic E-state index is 13.5. The van der Waals surface area contributed by atoms with E-state index in [0.717, 1.165) is 11.3 Å². The monoisotopic (exact) mass is 607 g/mol. The van der Waals surface area contributed by atoms with Crippen molar-refractivity contribution in [3.8, 4) is 22.1 Å². The molecule has 0 spiro atoms. The third kappa shape index (κ3) is 8.29. The zero-order valence-corrected chi connectivity index (χ0v) is 23.6. The third-order valence-corrected chi connectivity index (χ3v) is 6.65. The highest BCUT2D eigenvalue weighted by atomic mass is 35.5. The van der Waals surface area contributed by atoms with Crippen molar-refractivity contribution < 1.29 is 43.2 Å². The van der Waals surface area contributed by atoms with Crippen LogP contribution in [0.1, 0.15) is 28.9 Å². The van der Waals surface area contributed by atoms with Crippen LogP contribution in [0.5, 0.6) is 10.9 Å². The number of rotatable bonds is 11. The number of hydrogen-bond donors (Lipinski definition) is 1. The first-order valence-electron chi connectivity index (χ1n) is 12.3. The van der Waals surface area contributed by atoms with Crippen molar-refractivity contribution in [2.24, 2.45) is 4.99 Å². The van der Waals surface area contributed by atoms with E-state index in [0.29, 0.717) is 42.4 Å². The number of aromatic nitrogens is 4. The van der Waals surface area contributed by atoms with Gasteiger partial charge >= 0.3 is 11.9 Å². The molecule has 1 aliphatic heterocycles. The fourth-order valence-corrected chi connectivity index (χ4v) is 4.53. The van der Waals surface area contributed by atoms with E-state index in [9.17, 15) is 14.4 Å². The molecule has 1 unspecified atom stereocenters. The van der Waals surface area contributed by atoms with Gasteiger partial charge in [0.15, 0.2) is 6.73 Å². The molecule has 14 nitrogen and oxygen atoms in total. The Balaban J connectivity index is 1.66. The lowest BCUT2D eigenvalue weighted by atomic mass is 10.0. The number of halogens is 1. The third-order valence-electron chi connectivity index (χ3n) is 5.58. The second kappa shape index (κ2) is 14.1. The van der Waals surface area contributed by atoms with Crippen molar-refractivity contribution in [2.45, 2.75) is 32.6 Å². The molecule has 0 bridgehead atoms. The van der Waals surface area contributed by atoms with Gasteiger partial charge in [-0.2, -0.15) is 9.67 Å². The average molecular weight is 608 g/mol. The molecule has 0 radical (unpaired) electrons. The molecular weight excluding hydrogens is 582 g/mol. The molecule has 3 aromatic rings. The number of ether oxygens (including phenoxy) is 5. The van der Waals surface area contributed by atoms with Crippen LogP contribution in [0.25, 0.3) is 11.1 Å². The van der Waals surface area contributed by atoms with Crippen molar-refractivity contribution in [2.75, 3.05) is 33.5 Å². The number of carbonyl (C=O) groups excluding carboxylic acids is 2. The summed E-state index contributed by atoms with van der Waals surface area (Å²) in [4.78, 5) is 48.8. The number of carboxylic acid groups (broad SMARTS) is 1. The van der Waals surface area contributed by atoms with E-state index in [1.165, 1.54) is 24.2 Å². The summed E-state index contributed by atoms with van der Waals surface area (Å²) in [6.45, 7) is 2.76. The van der Waals surface area contributed by atoms with Gasteiger partial charge in [-0.15, -0.1) is 5.10 Å². The number of amides is 1. The molecule has 41 heavy (non-hydrogen) atoms. The SMILES string of the molecule is COc1cnc(Cl)cc1-c1cc(C)ncc1C(=O)N=c1sc(OCC2COCCO2)nn1COC(=O)CCC(=O)O. The highest BCUT2D eigenvalue weighted by molar-refractivity contribution is 7.10. The first kappa shape index (κ1) is 30.0. The van der Waals surface area contributed by atoms with Gasteiger partial charge in [-0.1, -0.05) is 11.6 Å². The summed E-state index contributed by atoms with van der Waals surface area (Å²) >= 11 is 7.07. The molecular formula is C25H26ClN5O9S. The highest BCUT2D eigenvalue weighted by Crippen LogP contribution is 2.34. The molecule has 1 atom stereocenters. The number of carboxylic acids is 1. The quantitative estimate of drug-likeness (QED) is 0.249. The molecule has 0 aliphatic carbocycles. The lowest BCUT2D eigenvalue weighted by Crippen LogP contribution is -2.33. The van der Waals surface area contributed by atoms with Gasteiger partial charge < -0.3 is 28.8 Å². The molecule has 4 heterocycles. The van der Waals surface area contributed by atoms with Crippen LogP contribution < -0.4 is 14.3 Å². The van der Waals surface area contributed by atoms with Gasteiger partial charge in [0.25, 0.3) is 11.1 Å². The predicted molar refractivity (Wildman–Crippen MR) is 143 cm³/mol. The average Bonchev–Trinajstić information content (AvgIpc) is 3.35. The standard InChI is InChI=1S/C25H26ClN5O9S/c1-14-7-16(17-8-20(26)28-10-19(17)36-2)18(9-27-14)23(35)29-24-31(13-40-22(34)4-3-21(32)33)30-25(41-24)39-12-15-11-37-5-6-38-15/h7-10,15H,3-6,11-13H2,1-2H3,(H,32,33). The number of nitrogens with zero attached hydrogens (tertiary/aromatic N) is 5. The second-order valence-electron chi connectivity index (χ2n) is 8.56. The van der Waals surface area contributed by atoms with E-state index in [1.807, 2.05) is 0 Å². The lowest BCUT2D eigenvalue weighted by Gasteiger charge is -2.22. The van der Waals surface area contributed by atoms with Crippen molar-refractivity contribution in [1.82, 2.24) is 19.7 Å². The van der Waals surface area contributed by atoms with E-state index in [-0.39, 0.29) is 46.3 Å². The molecule has 0 aromatic carbocycles. The summed E-state index contributed by atoms with van der Waals surface area (Å²) in [5, 5.41) is 13.4. The first-order valence-corrected chi connectivity index (χ1v) is 13.5. The van der Waals surface area contributed by atoms with E-state index in [2.05, 4.69) is 20.1 Å². The minimum absolute atomic E-state index is 0.0584. The van der Waals surface area contributed by atoms with Crippen LogP contribution in [0, 0.1) is 6.92 Å². The maximum Gasteiger partial charge on any atom is 0.308 e. The van der Waals surface area contributed by atoms with Gasteiger partial charge in [0, 0.05) is 23.0 Å². The Morgan fingerprint density at radius 3 is 2.76 bits per heavy atom. The lowest BCUT2D eigenvalue weighted by molar-refractivity contribution is -0.151. The molecule has 4 rings (SSSR count). The Hall–Kier alpha value is -3.92. The predicted octanol–water partition coefficient (Wildman–Crippen LogP) is 2.27. The molecule has 1 aliphatic rings. The second-order valence-corrected chi connectivity index (χ2v) is 9.87. The van der Waals surface area contributed by atoms with Crippen LogP contribution >= 0.6 is 22.9 Å². The molecule has 1 fully saturated rings. The Kier molecular flexibility index (Phi) is 10.3. The fraction of sp³-hybridized carbons (Fsp3) is 0.400. The van der Waals surface area contributed by atoms with Crippen molar-refractivity contribution in [1.29, 1.82) is 0 Å². The minimum Gasteiger partial charge on any atom is -0.494 e. The maximum atomic E-state index is 13.5. The smallest absolute Gasteiger partial charge is 0.308 e. The topological polar surface area (TPSA) is 174 Å². The van der Waals surface area contributed by atoms with Crippen LogP contribution in [-0.2, 0) is 30.5 Å². The van der Waals surface area contributed by atoms with Crippen LogP contribution in [-0.4, -0.2) is 82.3 Å². The van der Waals surface area contributed by atoms with Gasteiger partial charge in [0.1, 0.15) is 23.6 Å². The molecule has 1 amide bonds. The minimum atomic E-state index is -1.14. The van der Waals surface area contributed by atoms with Crippen LogP contribution in [0.15, 0.2) is 29.5 Å². The Bertz CT molecular complexity index is 1490. The van der Waals surface area contributed by atoms with Gasteiger partial charge in [0.05, 0.1) is 51.5 Å². The molecule has 3 aromatic heterocycles. The number of pyridine rings is 2. The van der Waals surface area contributed by atoms with E-state index in [1.54, 1.807) is 19.1 Å². The molecule has 218 valence electrons. The number of aryl methyl sites for hydroxylation is 1. The Morgan fingerprint density at radius 2 is 2.02 bits per heavy atom. The van der Waals surface area contributed by atoms with Crippen molar-refractivity contribution >= 4 is 40.8 Å². The number of esters is 1. The zero-order chi connectivity index (χ0) is 29.4. The summed E-state index contributed by atoms with van der Waals surface area (Å²) in [7, 11) is 1.47. The summed E-state index contributed by atoms with van der Waals surface area (Å²) in [6, 6.07) is 3.26. The van der Waals surface area contributed by atoms with Gasteiger partial charge in [-0.05, 0) is 30.4 Å². The van der Waals surface area contributed by atoms with Crippen molar-refractivity contribution in [3.05, 3.63) is 45.7 Å². The summed E-state index contributed by atoms with van der Waals surface area (Å²) in [5.74, 6) is -2.18. The number of carbonyl (C=O) groups is 3. The first-order chi connectivity index (χ1) is 19.7. The van der Waals surface area contributed by atoms with Gasteiger partial charge in [-0.3, -0.25) is 19.4 Å². The summed E-state index contributed by atoms with van der Waals surface area (Å²) in [5.41, 5.74) is 1.76. The number of methoxy groups -OCH3 is 1. The van der Waals surface area contributed by atoms with E-state index in [4.69, 9.17) is 40.4 Å². The van der Waals surface area contributed by atoms with Gasteiger partial charge in [-0.25, -0.2) is 4.98 Å². The molecule has 16 heteroatoms. The Morgan fingerprint density at radius 1 is 1.20 bits per heavy atom. The summed E-state index contributed by atoms with van der Waals surface area (Å²) < 4.78 is 28.4. The fourth-order valence-electron chi connectivity index (χ4n) is 3.62. The summed E-state index contributed by atoms with van der Waals surface area (Å²) in [6.07, 6.45) is 1.81. The van der Waals surface area contributed by atoms with Crippen molar-refractivity contribution in [3.63, 3.8) is 0 Å². The van der Waals surface area contributed by atoms with E-state index >= 15 is 0 Å². The Labute approximate surface area is 242 Å². The largest absolute Gasteiger partial charge is 0.494 e. The zero-order valence-electron chi connectivity index (χ0n) is 22.1. The number of aliphatic carboxylic acids is 1. The van der Waals surface area contributed by atoms with Crippen LogP contribution in [0.2, 0.25) is 5.15 Å². The number of hydrogen-bond acceptors (Lipinski definition) is 12. The van der Waals surface area contributed by atoms with Crippen LogP contribution in [0.3, 0.4) is 0 Å². The van der Waals surface area contributed by atoms with Crippen LogP contribution in [0.4, 0.5) is 0 Å². The highest BCUT2D eigenvalue weighted by Gasteiger charge is 2.20. The normalized spacial score (nSPS) is 15.4. The van der Waals surface area contributed by atoms with E-state index < -0.39 is 24.6 Å². The molecule has 1 N–H and O–H groups in total. The molecule has 0 saturated carbocycles.